The van der Waals surface area contributed by atoms with Crippen LogP contribution in [0.5, 0.6) is 0 Å². The molecule has 0 aliphatic heterocycles. The maximum Gasteiger partial charge on any atom is 0.234 e. The topological polar surface area (TPSA) is 99.3 Å². The number of benzene rings is 2. The van der Waals surface area contributed by atoms with E-state index in [0.717, 1.165) is 6.07 Å². The van der Waals surface area contributed by atoms with Gasteiger partial charge in [0.15, 0.2) is 0 Å². The Morgan fingerprint density at radius 1 is 1.10 bits per heavy atom. The van der Waals surface area contributed by atoms with Gasteiger partial charge >= 0.3 is 0 Å². The fraction of sp³-hybridized carbons (Fsp3) is 0.190. The molecule has 0 saturated heterocycles. The van der Waals surface area contributed by atoms with Crippen molar-refractivity contribution in [3.8, 4) is 0 Å². The lowest BCUT2D eigenvalue weighted by Gasteiger charge is -2.14. The Morgan fingerprint density at radius 3 is 2.50 bits per heavy atom. The zero-order valence-electron chi connectivity index (χ0n) is 16.0. The van der Waals surface area contributed by atoms with Gasteiger partial charge in [-0.15, -0.1) is 0 Å². The van der Waals surface area contributed by atoms with E-state index in [-0.39, 0.29) is 22.5 Å². The highest BCUT2D eigenvalue weighted by molar-refractivity contribution is 7.92. The number of H-pyrrole nitrogens is 1. The van der Waals surface area contributed by atoms with Crippen LogP contribution in [-0.2, 0) is 10.0 Å². The maximum atomic E-state index is 14.6. The summed E-state index contributed by atoms with van der Waals surface area (Å²) in [5, 5.41) is 8.76. The maximum absolute atomic E-state index is 14.6. The third-order valence-corrected chi connectivity index (χ3v) is 5.91. The highest BCUT2D eigenvalue weighted by Crippen LogP contribution is 2.28. The molecule has 1 aromatic heterocycles. The molecule has 1 atom stereocenters. The molecule has 0 aliphatic carbocycles. The van der Waals surface area contributed by atoms with Crippen LogP contribution < -0.4 is 4.72 Å². The van der Waals surface area contributed by atoms with E-state index in [1.807, 2.05) is 0 Å². The molecule has 3 N–H and O–H groups in total. The van der Waals surface area contributed by atoms with Crippen molar-refractivity contribution in [2.24, 2.45) is 0 Å². The number of hydrogen-bond acceptors (Lipinski definition) is 4. The van der Waals surface area contributed by atoms with E-state index in [0.29, 0.717) is 5.69 Å². The van der Waals surface area contributed by atoms with Crippen LogP contribution >= 0.6 is 0 Å². The Balaban J connectivity index is 1.81. The number of sulfonamides is 1. The van der Waals surface area contributed by atoms with Crippen LogP contribution in [0.25, 0.3) is 0 Å². The second-order valence-electron chi connectivity index (χ2n) is 6.74. The third-order valence-electron chi connectivity index (χ3n) is 4.64. The van der Waals surface area contributed by atoms with Crippen LogP contribution in [-0.4, -0.2) is 36.7 Å². The minimum absolute atomic E-state index is 0.0406. The fourth-order valence-corrected chi connectivity index (χ4v) is 3.88. The van der Waals surface area contributed by atoms with Gasteiger partial charge in [-0.2, -0.15) is 0 Å². The first-order chi connectivity index (χ1) is 14.2. The quantitative estimate of drug-likeness (QED) is 0.473. The smallest absolute Gasteiger partial charge is 0.234 e. The minimum Gasteiger partial charge on any atom is -0.395 e. The molecule has 0 amide bonds. The van der Waals surface area contributed by atoms with Crippen molar-refractivity contribution in [3.63, 3.8) is 0 Å². The number of carbonyl (C=O) groups is 1. The number of rotatable bonds is 8. The Hall–Kier alpha value is -3.04. The fourth-order valence-electron chi connectivity index (χ4n) is 3.05. The Kier molecular flexibility index (Phi) is 6.33. The number of halogens is 2. The number of hydrogen-bond donors (Lipinski definition) is 3. The van der Waals surface area contributed by atoms with E-state index >= 15 is 0 Å². The van der Waals surface area contributed by atoms with Crippen molar-refractivity contribution in [1.29, 1.82) is 0 Å². The molecule has 3 aromatic rings. The second-order valence-corrected chi connectivity index (χ2v) is 8.58. The lowest BCUT2D eigenvalue weighted by Crippen LogP contribution is -2.19. The molecule has 3 rings (SSSR count). The largest absolute Gasteiger partial charge is 0.395 e. The molecular formula is C21H20F2N2O4S. The van der Waals surface area contributed by atoms with E-state index in [9.17, 15) is 22.0 Å². The Morgan fingerprint density at radius 2 is 1.83 bits per heavy atom. The predicted octanol–water partition coefficient (Wildman–Crippen LogP) is 3.41. The number of aliphatic hydroxyl groups excluding tert-OH is 1. The van der Waals surface area contributed by atoms with Gasteiger partial charge in [-0.1, -0.05) is 25.1 Å². The van der Waals surface area contributed by atoms with Crippen molar-refractivity contribution in [2.45, 2.75) is 12.8 Å². The zero-order chi connectivity index (χ0) is 21.9. The van der Waals surface area contributed by atoms with Gasteiger partial charge < -0.3 is 10.1 Å². The molecule has 2 aromatic carbocycles. The summed E-state index contributed by atoms with van der Waals surface area (Å²) in [7, 11) is -3.76. The lowest BCUT2D eigenvalue weighted by molar-refractivity contribution is 0.103. The number of aromatic nitrogens is 1. The first kappa shape index (κ1) is 21.7. The number of ketones is 1. The van der Waals surface area contributed by atoms with Gasteiger partial charge in [-0.05, 0) is 42.0 Å². The molecule has 0 fully saturated rings. The van der Waals surface area contributed by atoms with Gasteiger partial charge in [0.25, 0.3) is 0 Å². The molecule has 0 saturated carbocycles. The van der Waals surface area contributed by atoms with Crippen molar-refractivity contribution in [2.75, 3.05) is 17.1 Å². The van der Waals surface area contributed by atoms with Crippen LogP contribution in [0.2, 0.25) is 0 Å². The van der Waals surface area contributed by atoms with Gasteiger partial charge in [0.2, 0.25) is 15.8 Å². The van der Waals surface area contributed by atoms with Crippen molar-refractivity contribution in [3.05, 3.63) is 88.7 Å². The van der Waals surface area contributed by atoms with Gasteiger partial charge in [0.1, 0.15) is 11.6 Å². The van der Waals surface area contributed by atoms with E-state index in [1.54, 1.807) is 19.1 Å². The molecule has 0 bridgehead atoms. The van der Waals surface area contributed by atoms with E-state index in [4.69, 9.17) is 5.11 Å². The van der Waals surface area contributed by atoms with Crippen LogP contribution in [0.15, 0.2) is 54.6 Å². The highest BCUT2D eigenvalue weighted by Gasteiger charge is 2.20. The number of anilines is 1. The molecular weight excluding hydrogens is 414 g/mol. The summed E-state index contributed by atoms with van der Waals surface area (Å²) in [6.45, 7) is 1.17. The van der Waals surface area contributed by atoms with Crippen molar-refractivity contribution < 1.29 is 27.1 Å². The summed E-state index contributed by atoms with van der Waals surface area (Å²) in [6.07, 6.45) is 0. The normalized spacial score (nSPS) is 12.5. The van der Waals surface area contributed by atoms with Crippen LogP contribution in [0.1, 0.15) is 40.2 Å². The summed E-state index contributed by atoms with van der Waals surface area (Å²) in [5.41, 5.74) is 0.979. The molecule has 0 radical (unpaired) electrons. The number of nitrogens with one attached hydrogen (secondary N) is 2. The highest BCUT2D eigenvalue weighted by atomic mass is 32.2. The number of aliphatic hydroxyl groups is 1. The standard InChI is InChI=1S/C21H20F2N2O4S/c1-13(15-7-6-14(12-18(15)23)25-30(28,29)11-10-26)19-8-9-20(24-19)21(27)16-4-2-3-5-17(16)22/h2-9,12-13,24-26H,10-11H2,1H3. The first-order valence-electron chi connectivity index (χ1n) is 9.11. The van der Waals surface area contributed by atoms with E-state index in [2.05, 4.69) is 9.71 Å². The van der Waals surface area contributed by atoms with E-state index in [1.165, 1.54) is 36.4 Å². The number of aromatic amines is 1. The molecule has 30 heavy (non-hydrogen) atoms. The summed E-state index contributed by atoms with van der Waals surface area (Å²) < 4.78 is 54.1. The molecule has 0 aliphatic rings. The summed E-state index contributed by atoms with van der Waals surface area (Å²) in [5.74, 6) is -2.75. The minimum atomic E-state index is -3.76. The SMILES string of the molecule is CC(c1ccc(C(=O)c2ccccc2F)[nH]1)c1ccc(NS(=O)(=O)CCO)cc1F. The number of carbonyl (C=O) groups excluding carboxylic acids is 1. The van der Waals surface area contributed by atoms with Crippen molar-refractivity contribution in [1.82, 2.24) is 4.98 Å². The molecule has 1 unspecified atom stereocenters. The van der Waals surface area contributed by atoms with Gasteiger partial charge in [-0.25, -0.2) is 17.2 Å². The van der Waals surface area contributed by atoms with Crippen LogP contribution in [0.4, 0.5) is 14.5 Å². The van der Waals surface area contributed by atoms with Crippen LogP contribution in [0.3, 0.4) is 0 Å². The Labute approximate surface area is 172 Å². The molecule has 6 nitrogen and oxygen atoms in total. The average Bonchev–Trinajstić information content (AvgIpc) is 3.17. The molecule has 0 spiro atoms. The van der Waals surface area contributed by atoms with E-state index < -0.39 is 45.7 Å². The molecule has 158 valence electrons. The Bertz CT molecular complexity index is 1180. The third kappa shape index (κ3) is 4.74. The van der Waals surface area contributed by atoms with Gasteiger partial charge in [-0.3, -0.25) is 9.52 Å². The van der Waals surface area contributed by atoms with Gasteiger partial charge in [0, 0.05) is 11.6 Å². The van der Waals surface area contributed by atoms with Crippen molar-refractivity contribution >= 4 is 21.5 Å². The predicted molar refractivity (Wildman–Crippen MR) is 109 cm³/mol. The van der Waals surface area contributed by atoms with Crippen LogP contribution in [0, 0.1) is 11.6 Å². The zero-order valence-corrected chi connectivity index (χ0v) is 16.8. The van der Waals surface area contributed by atoms with Gasteiger partial charge in [0.05, 0.1) is 29.3 Å². The summed E-state index contributed by atoms with van der Waals surface area (Å²) in [6, 6.07) is 12.7. The summed E-state index contributed by atoms with van der Waals surface area (Å²) in [4.78, 5) is 15.4. The average molecular weight is 434 g/mol. The summed E-state index contributed by atoms with van der Waals surface area (Å²) >= 11 is 0. The second kappa shape index (κ2) is 8.76. The molecule has 1 heterocycles. The molecule has 9 heteroatoms. The lowest BCUT2D eigenvalue weighted by atomic mass is 9.97. The first-order valence-corrected chi connectivity index (χ1v) is 10.8. The monoisotopic (exact) mass is 434 g/mol.